The summed E-state index contributed by atoms with van der Waals surface area (Å²) in [5, 5.41) is 8.64. The molecule has 0 unspecified atom stereocenters. The van der Waals surface area contributed by atoms with Crippen LogP contribution in [0.5, 0.6) is 0 Å². The topological polar surface area (TPSA) is 20.2 Å². The Balaban J connectivity index is 2.22. The Labute approximate surface area is 57.1 Å². The third kappa shape index (κ3) is 1.68. The Morgan fingerprint density at radius 3 is 2.67 bits per heavy atom. The lowest BCUT2D eigenvalue weighted by Gasteiger charge is -2.12. The van der Waals surface area contributed by atoms with Crippen LogP contribution in [0.1, 0.15) is 32.6 Å². The first kappa shape index (κ1) is 7.07. The van der Waals surface area contributed by atoms with E-state index in [2.05, 4.69) is 6.92 Å². The molecule has 0 aromatic carbocycles. The Morgan fingerprint density at radius 2 is 2.22 bits per heavy atom. The lowest BCUT2D eigenvalue weighted by Crippen LogP contribution is -2.05. The van der Waals surface area contributed by atoms with Crippen molar-refractivity contribution >= 4 is 0 Å². The third-order valence-corrected chi connectivity index (χ3v) is 2.54. The van der Waals surface area contributed by atoms with Crippen molar-refractivity contribution in [3.05, 3.63) is 0 Å². The zero-order valence-corrected chi connectivity index (χ0v) is 6.14. The maximum atomic E-state index is 8.64. The Bertz CT molecular complexity index is 80.6. The first-order valence-corrected chi connectivity index (χ1v) is 3.95. The predicted molar refractivity (Wildman–Crippen MR) is 38.2 cm³/mol. The predicted octanol–water partition coefficient (Wildman–Crippen LogP) is 1.81. The molecule has 1 heteroatoms. The van der Waals surface area contributed by atoms with Crippen LogP contribution in [0.2, 0.25) is 0 Å². The zero-order chi connectivity index (χ0) is 6.69. The normalized spacial score (nSPS) is 35.3. The highest BCUT2D eigenvalue weighted by Gasteiger charge is 2.21. The molecule has 9 heavy (non-hydrogen) atoms. The third-order valence-electron chi connectivity index (χ3n) is 2.54. The van der Waals surface area contributed by atoms with Gasteiger partial charge in [-0.2, -0.15) is 0 Å². The number of hydrogen-bond donors (Lipinski definition) is 1. The molecule has 0 bridgehead atoms. The standard InChI is InChI=1S/C8H16O/c1-7-3-2-4-8(7)5-6-9/h7-9H,2-6H2,1H3/t7-,8-/m1/s1. The van der Waals surface area contributed by atoms with Crippen LogP contribution in [0.15, 0.2) is 0 Å². The van der Waals surface area contributed by atoms with Gasteiger partial charge in [0, 0.05) is 6.61 Å². The van der Waals surface area contributed by atoms with E-state index in [1.807, 2.05) is 0 Å². The summed E-state index contributed by atoms with van der Waals surface area (Å²) < 4.78 is 0. The minimum absolute atomic E-state index is 0.384. The van der Waals surface area contributed by atoms with Gasteiger partial charge in [-0.15, -0.1) is 0 Å². The minimum Gasteiger partial charge on any atom is -0.396 e. The molecule has 0 aliphatic heterocycles. The second kappa shape index (κ2) is 3.21. The molecule has 2 atom stereocenters. The van der Waals surface area contributed by atoms with Crippen molar-refractivity contribution in [3.8, 4) is 0 Å². The fraction of sp³-hybridized carbons (Fsp3) is 1.00. The van der Waals surface area contributed by atoms with E-state index in [-0.39, 0.29) is 0 Å². The maximum Gasteiger partial charge on any atom is 0.0433 e. The summed E-state index contributed by atoms with van der Waals surface area (Å²) in [4.78, 5) is 0. The molecule has 1 rings (SSSR count). The van der Waals surface area contributed by atoms with Gasteiger partial charge in [0.05, 0.1) is 0 Å². The van der Waals surface area contributed by atoms with E-state index >= 15 is 0 Å². The molecule has 1 aliphatic rings. The van der Waals surface area contributed by atoms with Gasteiger partial charge in [0.25, 0.3) is 0 Å². The fourth-order valence-corrected chi connectivity index (χ4v) is 1.82. The molecule has 0 heterocycles. The van der Waals surface area contributed by atoms with Crippen LogP contribution in [-0.2, 0) is 0 Å². The quantitative estimate of drug-likeness (QED) is 0.601. The van der Waals surface area contributed by atoms with Gasteiger partial charge >= 0.3 is 0 Å². The summed E-state index contributed by atoms with van der Waals surface area (Å²) >= 11 is 0. The lowest BCUT2D eigenvalue weighted by molar-refractivity contribution is 0.240. The van der Waals surface area contributed by atoms with E-state index in [9.17, 15) is 0 Å². The lowest BCUT2D eigenvalue weighted by atomic mass is 9.95. The Kier molecular flexibility index (Phi) is 2.52. The van der Waals surface area contributed by atoms with E-state index in [1.165, 1.54) is 19.3 Å². The molecular weight excluding hydrogens is 112 g/mol. The van der Waals surface area contributed by atoms with Gasteiger partial charge in [0.1, 0.15) is 0 Å². The Hall–Kier alpha value is -0.0400. The van der Waals surface area contributed by atoms with E-state index < -0.39 is 0 Å². The van der Waals surface area contributed by atoms with E-state index in [1.54, 1.807) is 0 Å². The summed E-state index contributed by atoms with van der Waals surface area (Å²) in [6.07, 6.45) is 5.14. The van der Waals surface area contributed by atoms with E-state index in [0.29, 0.717) is 6.61 Å². The van der Waals surface area contributed by atoms with Gasteiger partial charge in [-0.25, -0.2) is 0 Å². The first-order valence-electron chi connectivity index (χ1n) is 3.95. The number of aliphatic hydroxyl groups is 1. The van der Waals surface area contributed by atoms with E-state index in [0.717, 1.165) is 18.3 Å². The van der Waals surface area contributed by atoms with E-state index in [4.69, 9.17) is 5.11 Å². The van der Waals surface area contributed by atoms with Crippen molar-refractivity contribution in [2.75, 3.05) is 6.61 Å². The highest BCUT2D eigenvalue weighted by atomic mass is 16.3. The smallest absolute Gasteiger partial charge is 0.0433 e. The molecule has 1 aliphatic carbocycles. The number of hydrogen-bond acceptors (Lipinski definition) is 1. The molecule has 1 saturated carbocycles. The number of rotatable bonds is 2. The van der Waals surface area contributed by atoms with Crippen LogP contribution in [0.4, 0.5) is 0 Å². The summed E-state index contributed by atoms with van der Waals surface area (Å²) in [7, 11) is 0. The monoisotopic (exact) mass is 128 g/mol. The summed E-state index contributed by atoms with van der Waals surface area (Å²) in [5.74, 6) is 1.70. The SMILES string of the molecule is C[C@@H]1CCC[C@@H]1CCO. The second-order valence-corrected chi connectivity index (χ2v) is 3.18. The molecule has 0 radical (unpaired) electrons. The first-order chi connectivity index (χ1) is 4.34. The van der Waals surface area contributed by atoms with Gasteiger partial charge in [-0.1, -0.05) is 26.2 Å². The second-order valence-electron chi connectivity index (χ2n) is 3.18. The maximum absolute atomic E-state index is 8.64. The zero-order valence-electron chi connectivity index (χ0n) is 6.14. The van der Waals surface area contributed by atoms with Crippen LogP contribution in [0.3, 0.4) is 0 Å². The van der Waals surface area contributed by atoms with Crippen LogP contribution in [0, 0.1) is 11.8 Å². The van der Waals surface area contributed by atoms with Crippen molar-refractivity contribution in [1.82, 2.24) is 0 Å². The molecule has 0 aromatic heterocycles. The van der Waals surface area contributed by atoms with Gasteiger partial charge < -0.3 is 5.11 Å². The van der Waals surface area contributed by atoms with Crippen molar-refractivity contribution in [2.45, 2.75) is 32.6 Å². The molecule has 1 N–H and O–H groups in total. The van der Waals surface area contributed by atoms with Crippen molar-refractivity contribution in [3.63, 3.8) is 0 Å². The summed E-state index contributed by atoms with van der Waals surface area (Å²) in [6.45, 7) is 2.68. The molecular formula is C8H16O. The molecule has 1 fully saturated rings. The van der Waals surface area contributed by atoms with Gasteiger partial charge in [0.2, 0.25) is 0 Å². The number of aliphatic hydroxyl groups excluding tert-OH is 1. The Morgan fingerprint density at radius 1 is 1.44 bits per heavy atom. The highest BCUT2D eigenvalue weighted by Crippen LogP contribution is 2.32. The molecule has 0 amide bonds. The van der Waals surface area contributed by atoms with Crippen LogP contribution in [0.25, 0.3) is 0 Å². The molecule has 0 aromatic rings. The van der Waals surface area contributed by atoms with Gasteiger partial charge in [-0.3, -0.25) is 0 Å². The van der Waals surface area contributed by atoms with Gasteiger partial charge in [-0.05, 0) is 18.3 Å². The summed E-state index contributed by atoms with van der Waals surface area (Å²) in [5.41, 5.74) is 0. The molecule has 0 saturated heterocycles. The molecule has 0 spiro atoms. The van der Waals surface area contributed by atoms with Crippen LogP contribution >= 0.6 is 0 Å². The summed E-state index contributed by atoms with van der Waals surface area (Å²) in [6, 6.07) is 0. The van der Waals surface area contributed by atoms with Crippen molar-refractivity contribution < 1.29 is 5.11 Å². The molecule has 54 valence electrons. The fourth-order valence-electron chi connectivity index (χ4n) is 1.82. The van der Waals surface area contributed by atoms with Crippen molar-refractivity contribution in [1.29, 1.82) is 0 Å². The average molecular weight is 128 g/mol. The van der Waals surface area contributed by atoms with Gasteiger partial charge in [0.15, 0.2) is 0 Å². The molecule has 1 nitrogen and oxygen atoms in total. The van der Waals surface area contributed by atoms with Crippen LogP contribution in [-0.4, -0.2) is 11.7 Å². The highest BCUT2D eigenvalue weighted by molar-refractivity contribution is 4.73. The van der Waals surface area contributed by atoms with Crippen molar-refractivity contribution in [2.24, 2.45) is 11.8 Å². The minimum atomic E-state index is 0.384. The largest absolute Gasteiger partial charge is 0.396 e. The van der Waals surface area contributed by atoms with Crippen LogP contribution < -0.4 is 0 Å². The average Bonchev–Trinajstić information content (AvgIpc) is 2.18.